The van der Waals surface area contributed by atoms with E-state index >= 15 is 0 Å². The van der Waals surface area contributed by atoms with E-state index in [1.54, 1.807) is 14.2 Å². The molecule has 0 unspecified atom stereocenters. The molecule has 1 heterocycles. The summed E-state index contributed by atoms with van der Waals surface area (Å²) in [5.74, 6) is 1.54. The molecule has 3 aromatic rings. The van der Waals surface area contributed by atoms with Gasteiger partial charge in [0.2, 0.25) is 0 Å². The van der Waals surface area contributed by atoms with Crippen molar-refractivity contribution in [2.75, 3.05) is 27.8 Å². The molecule has 0 saturated heterocycles. The summed E-state index contributed by atoms with van der Waals surface area (Å²) in [6.45, 7) is 1.76. The van der Waals surface area contributed by atoms with Crippen LogP contribution in [-0.2, 0) is 13.1 Å². The maximum Gasteiger partial charge on any atom is 0.160 e. The molecule has 5 nitrogen and oxygen atoms in total. The lowest BCUT2D eigenvalue weighted by Crippen LogP contribution is -2.24. The van der Waals surface area contributed by atoms with Gasteiger partial charge in [0, 0.05) is 6.54 Å². The number of rotatable bonds is 7. The van der Waals surface area contributed by atoms with Gasteiger partial charge in [-0.15, -0.1) is 0 Å². The second kappa shape index (κ2) is 7.36. The Balaban J connectivity index is 1.62. The zero-order valence-corrected chi connectivity index (χ0v) is 14.4. The number of benzene rings is 2. The van der Waals surface area contributed by atoms with Gasteiger partial charge in [0.05, 0.1) is 38.2 Å². The third-order valence-electron chi connectivity index (χ3n) is 4.15. The minimum atomic E-state index is 0.763. The average molecular weight is 325 g/mol. The lowest BCUT2D eigenvalue weighted by Gasteiger charge is -2.18. The Bertz CT molecular complexity index is 813. The minimum Gasteiger partial charge on any atom is -0.493 e. The Labute approximate surface area is 142 Å². The third kappa shape index (κ3) is 3.51. The van der Waals surface area contributed by atoms with E-state index < -0.39 is 0 Å². The van der Waals surface area contributed by atoms with Crippen molar-refractivity contribution in [3.63, 3.8) is 0 Å². The number of imidazole rings is 1. The smallest absolute Gasteiger partial charge is 0.160 e. The van der Waals surface area contributed by atoms with Crippen LogP contribution in [0.5, 0.6) is 11.5 Å². The quantitative estimate of drug-likeness (QED) is 0.669. The molecule has 1 aromatic heterocycles. The highest BCUT2D eigenvalue weighted by Crippen LogP contribution is 2.27. The van der Waals surface area contributed by atoms with E-state index in [2.05, 4.69) is 33.6 Å². The second-order valence-electron chi connectivity index (χ2n) is 5.86. The van der Waals surface area contributed by atoms with Crippen molar-refractivity contribution in [1.82, 2.24) is 14.5 Å². The van der Waals surface area contributed by atoms with Crippen LogP contribution in [0, 0.1) is 0 Å². The molecule has 0 aliphatic heterocycles. The summed E-state index contributed by atoms with van der Waals surface area (Å²) in [5, 5.41) is 0. The predicted molar refractivity (Wildman–Crippen MR) is 95.6 cm³/mol. The van der Waals surface area contributed by atoms with Crippen molar-refractivity contribution >= 4 is 11.0 Å². The van der Waals surface area contributed by atoms with Crippen LogP contribution in [0.25, 0.3) is 11.0 Å². The van der Waals surface area contributed by atoms with Crippen LogP contribution in [0.15, 0.2) is 48.8 Å². The minimum absolute atomic E-state index is 0.763. The monoisotopic (exact) mass is 325 g/mol. The van der Waals surface area contributed by atoms with Crippen molar-refractivity contribution in [3.8, 4) is 11.5 Å². The Morgan fingerprint density at radius 3 is 2.62 bits per heavy atom. The fraction of sp³-hybridized carbons (Fsp3) is 0.316. The summed E-state index contributed by atoms with van der Waals surface area (Å²) in [7, 11) is 5.44. The van der Waals surface area contributed by atoms with Gasteiger partial charge >= 0.3 is 0 Å². The van der Waals surface area contributed by atoms with Crippen molar-refractivity contribution in [2.24, 2.45) is 0 Å². The molecule has 0 amide bonds. The topological polar surface area (TPSA) is 39.5 Å². The van der Waals surface area contributed by atoms with E-state index in [1.165, 1.54) is 5.56 Å². The highest BCUT2D eigenvalue weighted by molar-refractivity contribution is 5.74. The molecule has 0 aliphatic rings. The Morgan fingerprint density at radius 1 is 1.04 bits per heavy atom. The van der Waals surface area contributed by atoms with Gasteiger partial charge in [-0.3, -0.25) is 4.90 Å². The number of aromatic nitrogens is 2. The second-order valence-corrected chi connectivity index (χ2v) is 5.86. The first kappa shape index (κ1) is 16.3. The van der Waals surface area contributed by atoms with Gasteiger partial charge in [-0.1, -0.05) is 18.2 Å². The van der Waals surface area contributed by atoms with E-state index in [0.717, 1.165) is 42.2 Å². The number of methoxy groups -OCH3 is 2. The maximum atomic E-state index is 5.37. The Morgan fingerprint density at radius 2 is 1.83 bits per heavy atom. The summed E-state index contributed by atoms with van der Waals surface area (Å²) in [4.78, 5) is 6.72. The fourth-order valence-electron chi connectivity index (χ4n) is 2.81. The highest BCUT2D eigenvalue weighted by Gasteiger charge is 2.07. The summed E-state index contributed by atoms with van der Waals surface area (Å²) < 4.78 is 12.8. The van der Waals surface area contributed by atoms with Crippen LogP contribution >= 0.6 is 0 Å². The van der Waals surface area contributed by atoms with E-state index in [1.807, 2.05) is 36.7 Å². The number of ether oxygens (including phenoxy) is 2. The highest BCUT2D eigenvalue weighted by atomic mass is 16.5. The molecule has 0 fully saturated rings. The molecule has 24 heavy (non-hydrogen) atoms. The van der Waals surface area contributed by atoms with Crippen molar-refractivity contribution in [2.45, 2.75) is 13.1 Å². The molecule has 0 spiro atoms. The normalized spacial score (nSPS) is 11.2. The summed E-state index contributed by atoms with van der Waals surface area (Å²) >= 11 is 0. The van der Waals surface area contributed by atoms with Gasteiger partial charge in [0.15, 0.2) is 11.5 Å². The average Bonchev–Trinajstić information content (AvgIpc) is 3.02. The van der Waals surface area contributed by atoms with Gasteiger partial charge in [0.25, 0.3) is 0 Å². The number of likely N-dealkylation sites (N-methyl/N-ethyl adjacent to an activating group) is 1. The maximum absolute atomic E-state index is 5.37. The summed E-state index contributed by atoms with van der Waals surface area (Å²) in [6, 6.07) is 14.3. The lowest BCUT2D eigenvalue weighted by atomic mass is 10.1. The van der Waals surface area contributed by atoms with Crippen LogP contribution in [0.1, 0.15) is 5.56 Å². The lowest BCUT2D eigenvalue weighted by molar-refractivity contribution is 0.275. The predicted octanol–water partition coefficient (Wildman–Crippen LogP) is 3.19. The molecule has 2 aromatic carbocycles. The van der Waals surface area contributed by atoms with E-state index in [9.17, 15) is 0 Å². The van der Waals surface area contributed by atoms with Crippen LogP contribution in [0.2, 0.25) is 0 Å². The number of hydrogen-bond donors (Lipinski definition) is 0. The van der Waals surface area contributed by atoms with Gasteiger partial charge in [-0.2, -0.15) is 0 Å². The van der Waals surface area contributed by atoms with E-state index in [4.69, 9.17) is 9.47 Å². The first-order valence-electron chi connectivity index (χ1n) is 8.00. The number of fused-ring (bicyclic) bond motifs is 1. The van der Waals surface area contributed by atoms with Crippen molar-refractivity contribution in [3.05, 3.63) is 54.4 Å². The van der Waals surface area contributed by atoms with E-state index in [0.29, 0.717) is 0 Å². The molecular formula is C19H23N3O2. The molecule has 0 radical (unpaired) electrons. The fourth-order valence-corrected chi connectivity index (χ4v) is 2.81. The standard InChI is InChI=1S/C19H23N3O2/c1-21(14-22-13-20-16-6-4-5-7-17(16)22)11-10-15-8-9-18(23-2)19(12-15)24-3/h4-9,12-13H,10-11,14H2,1-3H3. The molecular weight excluding hydrogens is 302 g/mol. The largest absolute Gasteiger partial charge is 0.493 e. The van der Waals surface area contributed by atoms with Crippen LogP contribution in [-0.4, -0.2) is 42.3 Å². The Kier molecular flexibility index (Phi) is 5.01. The van der Waals surface area contributed by atoms with Crippen LogP contribution in [0.3, 0.4) is 0 Å². The molecule has 0 N–H and O–H groups in total. The van der Waals surface area contributed by atoms with Gasteiger partial charge in [0.1, 0.15) is 0 Å². The molecule has 0 bridgehead atoms. The number of para-hydroxylation sites is 2. The molecule has 5 heteroatoms. The molecule has 0 saturated carbocycles. The molecule has 0 atom stereocenters. The van der Waals surface area contributed by atoms with E-state index in [-0.39, 0.29) is 0 Å². The first-order valence-corrected chi connectivity index (χ1v) is 8.00. The molecule has 126 valence electrons. The summed E-state index contributed by atoms with van der Waals surface area (Å²) in [6.07, 6.45) is 2.85. The zero-order valence-electron chi connectivity index (χ0n) is 14.4. The van der Waals surface area contributed by atoms with Gasteiger partial charge < -0.3 is 14.0 Å². The molecule has 0 aliphatic carbocycles. The van der Waals surface area contributed by atoms with Crippen LogP contribution in [0.4, 0.5) is 0 Å². The van der Waals surface area contributed by atoms with Crippen molar-refractivity contribution in [1.29, 1.82) is 0 Å². The van der Waals surface area contributed by atoms with Crippen molar-refractivity contribution < 1.29 is 9.47 Å². The first-order chi connectivity index (χ1) is 11.7. The molecule has 3 rings (SSSR count). The van der Waals surface area contributed by atoms with Crippen LogP contribution < -0.4 is 9.47 Å². The van der Waals surface area contributed by atoms with Gasteiger partial charge in [-0.05, 0) is 43.3 Å². The summed E-state index contributed by atoms with van der Waals surface area (Å²) in [5.41, 5.74) is 3.43. The SMILES string of the molecule is COc1ccc(CCN(C)Cn2cnc3ccccc32)cc1OC. The number of nitrogens with zero attached hydrogens (tertiary/aromatic N) is 3. The zero-order chi connectivity index (χ0) is 16.9. The number of hydrogen-bond acceptors (Lipinski definition) is 4. The third-order valence-corrected chi connectivity index (χ3v) is 4.15. The Hall–Kier alpha value is -2.53. The van der Waals surface area contributed by atoms with Gasteiger partial charge in [-0.25, -0.2) is 4.98 Å².